The van der Waals surface area contributed by atoms with Crippen molar-refractivity contribution in [3.05, 3.63) is 28.0 Å². The van der Waals surface area contributed by atoms with E-state index in [2.05, 4.69) is 5.32 Å². The fourth-order valence-corrected chi connectivity index (χ4v) is 5.15. The van der Waals surface area contributed by atoms with Gasteiger partial charge in [-0.05, 0) is 44.5 Å². The van der Waals surface area contributed by atoms with Crippen LogP contribution in [0.2, 0.25) is 10.0 Å². The van der Waals surface area contributed by atoms with Gasteiger partial charge in [0, 0.05) is 13.1 Å². The summed E-state index contributed by atoms with van der Waals surface area (Å²) in [6.07, 6.45) is 1.55. The summed E-state index contributed by atoms with van der Waals surface area (Å²) in [5.41, 5.74) is 0. The molecule has 1 aromatic rings. The molecule has 0 atom stereocenters. The first kappa shape index (κ1) is 17.0. The van der Waals surface area contributed by atoms with Crippen molar-refractivity contribution in [3.8, 4) is 0 Å². The van der Waals surface area contributed by atoms with E-state index in [1.165, 1.54) is 4.31 Å². The molecule has 1 aromatic carbocycles. The summed E-state index contributed by atoms with van der Waals surface area (Å²) in [5, 5.41) is 2.73. The van der Waals surface area contributed by atoms with Crippen LogP contribution in [0.1, 0.15) is 12.8 Å². The van der Waals surface area contributed by atoms with Gasteiger partial charge in [0.05, 0.1) is 10.0 Å². The van der Waals surface area contributed by atoms with Gasteiger partial charge < -0.3 is 5.32 Å². The molecule has 21 heavy (non-hydrogen) atoms. The molecular formula is C13H17Cl2FN2O2S. The average Bonchev–Trinajstić information content (AvgIpc) is 2.38. The van der Waals surface area contributed by atoms with Crippen LogP contribution in [0.4, 0.5) is 4.39 Å². The van der Waals surface area contributed by atoms with Gasteiger partial charge in [-0.3, -0.25) is 0 Å². The summed E-state index contributed by atoms with van der Waals surface area (Å²) in [5.74, 6) is -0.197. The van der Waals surface area contributed by atoms with E-state index in [-0.39, 0.29) is 14.9 Å². The van der Waals surface area contributed by atoms with Crippen LogP contribution >= 0.6 is 23.2 Å². The smallest absolute Gasteiger partial charge is 0.246 e. The van der Waals surface area contributed by atoms with Crippen LogP contribution in [-0.2, 0) is 10.0 Å². The molecule has 0 amide bonds. The fraction of sp³-hybridized carbons (Fsp3) is 0.538. The summed E-state index contributed by atoms with van der Waals surface area (Å²) in [6.45, 7) is 1.70. The Hall–Kier alpha value is -0.400. The molecule has 4 nitrogen and oxygen atoms in total. The number of benzene rings is 1. The number of piperidine rings is 1. The molecule has 0 spiro atoms. The highest BCUT2D eigenvalue weighted by atomic mass is 35.5. The van der Waals surface area contributed by atoms with Crippen molar-refractivity contribution in [2.75, 3.05) is 26.7 Å². The molecule has 0 bridgehead atoms. The molecule has 0 saturated carbocycles. The second-order valence-corrected chi connectivity index (χ2v) is 7.79. The summed E-state index contributed by atoms with van der Waals surface area (Å²) in [4.78, 5) is -0.209. The minimum atomic E-state index is -3.80. The van der Waals surface area contributed by atoms with Crippen LogP contribution in [0, 0.1) is 11.7 Å². The quantitative estimate of drug-likeness (QED) is 0.904. The summed E-state index contributed by atoms with van der Waals surface area (Å²) < 4.78 is 39.8. The zero-order valence-electron chi connectivity index (χ0n) is 11.6. The van der Waals surface area contributed by atoms with Crippen molar-refractivity contribution in [2.24, 2.45) is 5.92 Å². The lowest BCUT2D eigenvalue weighted by Gasteiger charge is -2.31. The Morgan fingerprint density at radius 2 is 1.81 bits per heavy atom. The molecule has 2 rings (SSSR count). The molecule has 1 saturated heterocycles. The minimum Gasteiger partial charge on any atom is -0.319 e. The molecule has 8 heteroatoms. The highest BCUT2D eigenvalue weighted by Gasteiger charge is 2.32. The van der Waals surface area contributed by atoms with E-state index in [9.17, 15) is 12.8 Å². The SMILES string of the molecule is CNCC1CCN(S(=O)(=O)c2c(Cl)cc(F)cc2Cl)CC1. The number of hydrogen-bond acceptors (Lipinski definition) is 3. The first-order valence-electron chi connectivity index (χ1n) is 6.65. The topological polar surface area (TPSA) is 49.4 Å². The maximum Gasteiger partial charge on any atom is 0.246 e. The summed E-state index contributed by atoms with van der Waals surface area (Å²) in [7, 11) is -1.92. The number of halogens is 3. The molecule has 1 fully saturated rings. The van der Waals surface area contributed by atoms with Crippen LogP contribution in [0.5, 0.6) is 0 Å². The molecule has 0 aliphatic carbocycles. The van der Waals surface area contributed by atoms with E-state index in [4.69, 9.17) is 23.2 Å². The maximum atomic E-state index is 13.2. The van der Waals surface area contributed by atoms with Gasteiger partial charge in [-0.15, -0.1) is 0 Å². The lowest BCUT2D eigenvalue weighted by Crippen LogP contribution is -2.40. The average molecular weight is 355 g/mol. The minimum absolute atomic E-state index is 0.183. The van der Waals surface area contributed by atoms with E-state index >= 15 is 0 Å². The van der Waals surface area contributed by atoms with E-state index in [0.29, 0.717) is 19.0 Å². The van der Waals surface area contributed by atoms with Crippen molar-refractivity contribution in [3.63, 3.8) is 0 Å². The van der Waals surface area contributed by atoms with Crippen LogP contribution in [-0.4, -0.2) is 39.4 Å². The molecule has 118 valence electrons. The van der Waals surface area contributed by atoms with Gasteiger partial charge in [-0.25, -0.2) is 12.8 Å². The van der Waals surface area contributed by atoms with Crippen molar-refractivity contribution in [1.29, 1.82) is 0 Å². The number of nitrogens with one attached hydrogen (secondary N) is 1. The highest BCUT2D eigenvalue weighted by Crippen LogP contribution is 2.34. The normalized spacial score (nSPS) is 18.1. The van der Waals surface area contributed by atoms with Crippen LogP contribution < -0.4 is 5.32 Å². The van der Waals surface area contributed by atoms with Gasteiger partial charge in [-0.2, -0.15) is 4.31 Å². The predicted octanol–water partition coefficient (Wildman–Crippen LogP) is 2.75. The summed E-state index contributed by atoms with van der Waals surface area (Å²) in [6, 6.07) is 1.93. The number of rotatable bonds is 4. The lowest BCUT2D eigenvalue weighted by atomic mass is 9.98. The Kier molecular flexibility index (Phi) is 5.48. The second kappa shape index (κ2) is 6.79. The standard InChI is InChI=1S/C13H17Cl2FN2O2S/c1-17-8-9-2-4-18(5-3-9)21(19,20)13-11(14)6-10(16)7-12(13)15/h6-7,9,17H,2-5,8H2,1H3. The van der Waals surface area contributed by atoms with Gasteiger partial charge in [0.1, 0.15) is 10.7 Å². The van der Waals surface area contributed by atoms with Crippen molar-refractivity contribution in [1.82, 2.24) is 9.62 Å². The zero-order chi connectivity index (χ0) is 15.6. The summed E-state index contributed by atoms with van der Waals surface area (Å²) >= 11 is 11.8. The zero-order valence-corrected chi connectivity index (χ0v) is 13.9. The second-order valence-electron chi connectivity index (χ2n) is 5.10. The Balaban J connectivity index is 2.24. The highest BCUT2D eigenvalue weighted by molar-refractivity contribution is 7.89. The van der Waals surface area contributed by atoms with Crippen molar-refractivity contribution >= 4 is 33.2 Å². The van der Waals surface area contributed by atoms with E-state index in [1.807, 2.05) is 7.05 Å². The van der Waals surface area contributed by atoms with Crippen LogP contribution in [0.3, 0.4) is 0 Å². The third-order valence-corrected chi connectivity index (χ3v) is 6.45. The molecule has 0 aromatic heterocycles. The predicted molar refractivity (Wildman–Crippen MR) is 81.8 cm³/mol. The molecule has 1 heterocycles. The van der Waals surface area contributed by atoms with Crippen LogP contribution in [0.15, 0.2) is 17.0 Å². The van der Waals surface area contributed by atoms with E-state index < -0.39 is 15.8 Å². The van der Waals surface area contributed by atoms with Gasteiger partial charge in [0.15, 0.2) is 0 Å². The van der Waals surface area contributed by atoms with Gasteiger partial charge in [-0.1, -0.05) is 23.2 Å². The molecule has 1 aliphatic rings. The monoisotopic (exact) mass is 354 g/mol. The number of sulfonamides is 1. The maximum absolute atomic E-state index is 13.2. The largest absolute Gasteiger partial charge is 0.319 e. The molecule has 1 N–H and O–H groups in total. The van der Waals surface area contributed by atoms with Gasteiger partial charge >= 0.3 is 0 Å². The van der Waals surface area contributed by atoms with Gasteiger partial charge in [0.25, 0.3) is 0 Å². The fourth-order valence-electron chi connectivity index (χ4n) is 2.55. The Morgan fingerprint density at radius 1 is 1.29 bits per heavy atom. The Labute approximate surface area is 134 Å². The van der Waals surface area contributed by atoms with Crippen molar-refractivity contribution in [2.45, 2.75) is 17.7 Å². The molecular weight excluding hydrogens is 338 g/mol. The van der Waals surface area contributed by atoms with Crippen LogP contribution in [0.25, 0.3) is 0 Å². The first-order chi connectivity index (χ1) is 9.86. The number of nitrogens with zero attached hydrogens (tertiary/aromatic N) is 1. The van der Waals surface area contributed by atoms with E-state index in [1.54, 1.807) is 0 Å². The Morgan fingerprint density at radius 3 is 2.29 bits per heavy atom. The molecule has 0 unspecified atom stereocenters. The van der Waals surface area contributed by atoms with Gasteiger partial charge in [0.2, 0.25) is 10.0 Å². The third kappa shape index (κ3) is 3.68. The number of hydrogen-bond donors (Lipinski definition) is 1. The Bertz CT molecular complexity index is 594. The molecule has 0 radical (unpaired) electrons. The third-order valence-electron chi connectivity index (χ3n) is 3.63. The lowest BCUT2D eigenvalue weighted by molar-refractivity contribution is 0.270. The molecule has 1 aliphatic heterocycles. The first-order valence-corrected chi connectivity index (χ1v) is 8.85. The van der Waals surface area contributed by atoms with E-state index in [0.717, 1.165) is 31.5 Å². The van der Waals surface area contributed by atoms with Crippen molar-refractivity contribution < 1.29 is 12.8 Å².